The van der Waals surface area contributed by atoms with E-state index in [1.54, 1.807) is 0 Å². The number of benzene rings is 2. The van der Waals surface area contributed by atoms with Crippen LogP contribution >= 0.6 is 23.2 Å². The molecule has 0 aromatic heterocycles. The molecule has 0 saturated carbocycles. The molecule has 2 rings (SSSR count). The van der Waals surface area contributed by atoms with Gasteiger partial charge < -0.3 is 10.1 Å². The molecule has 1 atom stereocenters. The van der Waals surface area contributed by atoms with Crippen LogP contribution in [0.3, 0.4) is 0 Å². The van der Waals surface area contributed by atoms with Crippen LogP contribution < -0.4 is 14.4 Å². The first-order valence-electron chi connectivity index (χ1n) is 8.56. The molecule has 0 heterocycles. The van der Waals surface area contributed by atoms with Crippen molar-refractivity contribution >= 4 is 44.8 Å². The predicted molar refractivity (Wildman–Crippen MR) is 113 cm³/mol. The molecule has 2 aromatic rings. The van der Waals surface area contributed by atoms with Crippen LogP contribution in [0.25, 0.3) is 0 Å². The molecule has 0 aliphatic rings. The summed E-state index contributed by atoms with van der Waals surface area (Å²) in [6, 6.07) is 10.7. The number of nitrogens with one attached hydrogen (secondary N) is 1. The summed E-state index contributed by atoms with van der Waals surface area (Å²) in [5.41, 5.74) is 1.09. The zero-order valence-electron chi connectivity index (χ0n) is 15.8. The summed E-state index contributed by atoms with van der Waals surface area (Å²) in [5, 5.41) is 3.30. The summed E-state index contributed by atoms with van der Waals surface area (Å²) in [6.07, 6.45) is 1.03. The molecule has 0 aliphatic carbocycles. The van der Waals surface area contributed by atoms with Gasteiger partial charge in [-0.25, -0.2) is 8.42 Å². The highest BCUT2D eigenvalue weighted by Crippen LogP contribution is 2.28. The van der Waals surface area contributed by atoms with Gasteiger partial charge in [0.1, 0.15) is 11.8 Å². The Morgan fingerprint density at radius 2 is 1.71 bits per heavy atom. The van der Waals surface area contributed by atoms with Gasteiger partial charge in [-0.2, -0.15) is 0 Å². The number of carbonyl (C=O) groups is 1. The lowest BCUT2D eigenvalue weighted by molar-refractivity contribution is -0.122. The van der Waals surface area contributed by atoms with Crippen molar-refractivity contribution in [2.75, 3.05) is 17.2 Å². The fourth-order valence-electron chi connectivity index (χ4n) is 2.68. The SMILES string of the molecule is CCOc1ccc(CNC(=O)C(C)N(c2cc(Cl)cc(Cl)c2)S(C)(=O)=O)cc1. The molecule has 6 nitrogen and oxygen atoms in total. The standard InChI is InChI=1S/C19H22Cl2N2O4S/c1-4-27-18-7-5-14(6-8-18)12-22-19(24)13(2)23(28(3,25)26)17-10-15(20)9-16(21)11-17/h5-11,13H,4,12H2,1-3H3,(H,22,24). The minimum atomic E-state index is -3.75. The highest BCUT2D eigenvalue weighted by molar-refractivity contribution is 7.92. The summed E-state index contributed by atoms with van der Waals surface area (Å²) in [5.74, 6) is 0.294. The normalized spacial score (nSPS) is 12.3. The molecule has 1 amide bonds. The number of carbonyl (C=O) groups excluding carboxylic acids is 1. The third-order valence-electron chi connectivity index (χ3n) is 3.89. The van der Waals surface area contributed by atoms with E-state index in [9.17, 15) is 13.2 Å². The predicted octanol–water partition coefficient (Wildman–Crippen LogP) is 3.86. The van der Waals surface area contributed by atoms with Gasteiger partial charge in [-0.3, -0.25) is 9.10 Å². The zero-order valence-corrected chi connectivity index (χ0v) is 18.1. The number of anilines is 1. The first kappa shape index (κ1) is 22.3. The molecular formula is C19H22Cl2N2O4S. The van der Waals surface area contributed by atoms with E-state index in [0.717, 1.165) is 21.9 Å². The summed E-state index contributed by atoms with van der Waals surface area (Å²) in [4.78, 5) is 12.6. The second-order valence-corrected chi connectivity index (χ2v) is 8.89. The van der Waals surface area contributed by atoms with Gasteiger partial charge in [0.2, 0.25) is 15.9 Å². The van der Waals surface area contributed by atoms with E-state index >= 15 is 0 Å². The molecule has 1 unspecified atom stereocenters. The molecular weight excluding hydrogens is 423 g/mol. The number of ether oxygens (including phenoxy) is 1. The monoisotopic (exact) mass is 444 g/mol. The van der Waals surface area contributed by atoms with Crippen molar-refractivity contribution in [3.8, 4) is 5.75 Å². The van der Waals surface area contributed by atoms with Gasteiger partial charge in [0.15, 0.2) is 0 Å². The molecule has 0 radical (unpaired) electrons. The van der Waals surface area contributed by atoms with Gasteiger partial charge in [-0.05, 0) is 49.7 Å². The molecule has 152 valence electrons. The first-order chi connectivity index (χ1) is 13.1. The van der Waals surface area contributed by atoms with Crippen LogP contribution in [0.15, 0.2) is 42.5 Å². The Morgan fingerprint density at radius 1 is 1.14 bits per heavy atom. The second kappa shape index (κ2) is 9.49. The lowest BCUT2D eigenvalue weighted by atomic mass is 10.2. The Hall–Kier alpha value is -1.96. The van der Waals surface area contributed by atoms with Gasteiger partial charge in [0.05, 0.1) is 18.6 Å². The Kier molecular flexibility index (Phi) is 7.57. The average molecular weight is 445 g/mol. The van der Waals surface area contributed by atoms with Gasteiger partial charge in [-0.1, -0.05) is 35.3 Å². The summed E-state index contributed by atoms with van der Waals surface area (Å²) in [6.45, 7) is 4.23. The summed E-state index contributed by atoms with van der Waals surface area (Å²) < 4.78 is 31.0. The van der Waals surface area contributed by atoms with Gasteiger partial charge in [-0.15, -0.1) is 0 Å². The van der Waals surface area contributed by atoms with Crippen molar-refractivity contribution < 1.29 is 17.9 Å². The first-order valence-corrected chi connectivity index (χ1v) is 11.2. The fourth-order valence-corrected chi connectivity index (χ4v) is 4.36. The van der Waals surface area contributed by atoms with E-state index in [0.29, 0.717) is 6.61 Å². The quantitative estimate of drug-likeness (QED) is 0.670. The van der Waals surface area contributed by atoms with Crippen molar-refractivity contribution in [3.63, 3.8) is 0 Å². The third kappa shape index (κ3) is 6.02. The Bertz CT molecular complexity index is 913. The van der Waals surface area contributed by atoms with Crippen LogP contribution in [0.5, 0.6) is 5.75 Å². The number of sulfonamides is 1. The average Bonchev–Trinajstić information content (AvgIpc) is 2.59. The fraction of sp³-hybridized carbons (Fsp3) is 0.316. The van der Waals surface area contributed by atoms with Crippen molar-refractivity contribution in [2.45, 2.75) is 26.4 Å². The summed E-state index contributed by atoms with van der Waals surface area (Å²) >= 11 is 12.0. The zero-order chi connectivity index (χ0) is 20.9. The van der Waals surface area contributed by atoms with Crippen molar-refractivity contribution in [1.29, 1.82) is 0 Å². The van der Waals surface area contributed by atoms with Gasteiger partial charge >= 0.3 is 0 Å². The lowest BCUT2D eigenvalue weighted by Gasteiger charge is -2.28. The van der Waals surface area contributed by atoms with Gasteiger partial charge in [0, 0.05) is 16.6 Å². The Balaban J connectivity index is 2.15. The van der Waals surface area contributed by atoms with Gasteiger partial charge in [0.25, 0.3) is 0 Å². The molecule has 0 fully saturated rings. The third-order valence-corrected chi connectivity index (χ3v) is 5.57. The van der Waals surface area contributed by atoms with E-state index < -0.39 is 22.0 Å². The molecule has 2 aromatic carbocycles. The van der Waals surface area contributed by atoms with Crippen LogP contribution in [-0.4, -0.2) is 33.2 Å². The van der Waals surface area contributed by atoms with Crippen LogP contribution in [0, 0.1) is 0 Å². The number of halogens is 2. The number of rotatable bonds is 8. The molecule has 9 heteroatoms. The van der Waals surface area contributed by atoms with E-state index in [2.05, 4.69) is 5.32 Å². The van der Waals surface area contributed by atoms with Crippen molar-refractivity contribution in [3.05, 3.63) is 58.1 Å². The smallest absolute Gasteiger partial charge is 0.243 e. The maximum Gasteiger partial charge on any atom is 0.243 e. The highest BCUT2D eigenvalue weighted by atomic mass is 35.5. The molecule has 0 bridgehead atoms. The van der Waals surface area contributed by atoms with E-state index in [1.165, 1.54) is 25.1 Å². The van der Waals surface area contributed by atoms with E-state index in [-0.39, 0.29) is 22.3 Å². The second-order valence-electron chi connectivity index (χ2n) is 6.16. The molecule has 0 spiro atoms. The molecule has 28 heavy (non-hydrogen) atoms. The number of hydrogen-bond acceptors (Lipinski definition) is 4. The number of hydrogen-bond donors (Lipinski definition) is 1. The minimum absolute atomic E-state index is 0.226. The van der Waals surface area contributed by atoms with Crippen LogP contribution in [-0.2, 0) is 21.4 Å². The largest absolute Gasteiger partial charge is 0.494 e. The maximum atomic E-state index is 12.6. The number of nitrogens with zero attached hydrogens (tertiary/aromatic N) is 1. The molecule has 0 aliphatic heterocycles. The number of amides is 1. The Morgan fingerprint density at radius 3 is 2.21 bits per heavy atom. The van der Waals surface area contributed by atoms with Crippen LogP contribution in [0.2, 0.25) is 10.0 Å². The van der Waals surface area contributed by atoms with E-state index in [4.69, 9.17) is 27.9 Å². The molecule has 0 saturated heterocycles. The maximum absolute atomic E-state index is 12.6. The molecule has 1 N–H and O–H groups in total. The van der Waals surface area contributed by atoms with Crippen molar-refractivity contribution in [1.82, 2.24) is 5.32 Å². The van der Waals surface area contributed by atoms with Crippen molar-refractivity contribution in [2.24, 2.45) is 0 Å². The topological polar surface area (TPSA) is 75.7 Å². The Labute approximate surface area is 175 Å². The summed E-state index contributed by atoms with van der Waals surface area (Å²) in [7, 11) is -3.75. The van der Waals surface area contributed by atoms with Crippen LogP contribution in [0.4, 0.5) is 5.69 Å². The minimum Gasteiger partial charge on any atom is -0.494 e. The highest BCUT2D eigenvalue weighted by Gasteiger charge is 2.29. The lowest BCUT2D eigenvalue weighted by Crippen LogP contribution is -2.47. The van der Waals surface area contributed by atoms with E-state index in [1.807, 2.05) is 31.2 Å². The van der Waals surface area contributed by atoms with Crippen LogP contribution in [0.1, 0.15) is 19.4 Å².